The third-order valence-corrected chi connectivity index (χ3v) is 2.77. The summed E-state index contributed by atoms with van der Waals surface area (Å²) in [6.45, 7) is 2.28. The molecular weight excluding hydrogens is 146 g/mol. The highest BCUT2D eigenvalue weighted by Gasteiger charge is 2.13. The maximum atomic E-state index is 2.42. The van der Waals surface area contributed by atoms with Crippen LogP contribution >= 0.6 is 0 Å². The SMILES string of the molecule is CCCC1CC=C(N(C)C)CC1. The quantitative estimate of drug-likeness (QED) is 0.624. The molecule has 0 aromatic heterocycles. The molecule has 0 fully saturated rings. The van der Waals surface area contributed by atoms with Crippen LogP contribution in [0.25, 0.3) is 0 Å². The molecule has 1 nitrogen and oxygen atoms in total. The molecule has 0 saturated heterocycles. The third kappa shape index (κ3) is 2.54. The summed E-state index contributed by atoms with van der Waals surface area (Å²) >= 11 is 0. The van der Waals surface area contributed by atoms with Crippen LogP contribution in [-0.2, 0) is 0 Å². The summed E-state index contributed by atoms with van der Waals surface area (Å²) in [7, 11) is 4.29. The van der Waals surface area contributed by atoms with Crippen molar-refractivity contribution >= 4 is 0 Å². The summed E-state index contributed by atoms with van der Waals surface area (Å²) in [4.78, 5) is 2.25. The van der Waals surface area contributed by atoms with Crippen molar-refractivity contribution in [1.29, 1.82) is 0 Å². The van der Waals surface area contributed by atoms with Crippen LogP contribution in [0.1, 0.15) is 39.0 Å². The molecule has 0 saturated carbocycles. The van der Waals surface area contributed by atoms with Gasteiger partial charge in [-0.25, -0.2) is 0 Å². The summed E-state index contributed by atoms with van der Waals surface area (Å²) < 4.78 is 0. The van der Waals surface area contributed by atoms with Crippen LogP contribution in [0.15, 0.2) is 11.8 Å². The molecule has 1 aliphatic rings. The van der Waals surface area contributed by atoms with E-state index in [-0.39, 0.29) is 0 Å². The maximum absolute atomic E-state index is 2.42. The minimum atomic E-state index is 0.971. The zero-order chi connectivity index (χ0) is 8.97. The van der Waals surface area contributed by atoms with Crippen LogP contribution in [-0.4, -0.2) is 19.0 Å². The van der Waals surface area contributed by atoms with Crippen molar-refractivity contribution in [2.45, 2.75) is 39.0 Å². The van der Waals surface area contributed by atoms with Crippen molar-refractivity contribution in [1.82, 2.24) is 4.90 Å². The molecule has 70 valence electrons. The second-order valence-electron chi connectivity index (χ2n) is 4.02. The second-order valence-corrected chi connectivity index (χ2v) is 4.02. The van der Waals surface area contributed by atoms with Crippen LogP contribution in [0.5, 0.6) is 0 Å². The number of hydrogen-bond donors (Lipinski definition) is 0. The zero-order valence-corrected chi connectivity index (χ0v) is 8.64. The van der Waals surface area contributed by atoms with Crippen LogP contribution in [0, 0.1) is 5.92 Å². The van der Waals surface area contributed by atoms with Gasteiger partial charge in [0.1, 0.15) is 0 Å². The highest BCUT2D eigenvalue weighted by molar-refractivity contribution is 5.04. The molecular formula is C11H21N. The first-order chi connectivity index (χ1) is 5.74. The lowest BCUT2D eigenvalue weighted by atomic mass is 9.89. The summed E-state index contributed by atoms with van der Waals surface area (Å²) in [6.07, 6.45) is 9.17. The van der Waals surface area contributed by atoms with Crippen molar-refractivity contribution in [3.05, 3.63) is 11.8 Å². The van der Waals surface area contributed by atoms with Crippen molar-refractivity contribution in [3.8, 4) is 0 Å². The van der Waals surface area contributed by atoms with Crippen molar-refractivity contribution in [2.24, 2.45) is 5.92 Å². The Morgan fingerprint density at radius 3 is 2.67 bits per heavy atom. The highest BCUT2D eigenvalue weighted by Crippen LogP contribution is 2.27. The largest absolute Gasteiger partial charge is 0.381 e. The molecule has 1 rings (SSSR count). The lowest BCUT2D eigenvalue weighted by molar-refractivity contribution is 0.381. The molecule has 1 heteroatoms. The Morgan fingerprint density at radius 1 is 1.50 bits per heavy atom. The molecule has 12 heavy (non-hydrogen) atoms. The van der Waals surface area contributed by atoms with Crippen LogP contribution < -0.4 is 0 Å². The van der Waals surface area contributed by atoms with Gasteiger partial charge >= 0.3 is 0 Å². The molecule has 0 bridgehead atoms. The first kappa shape index (κ1) is 9.63. The second kappa shape index (κ2) is 4.54. The Kier molecular flexibility index (Phi) is 3.64. The van der Waals surface area contributed by atoms with Crippen LogP contribution in [0.4, 0.5) is 0 Å². The van der Waals surface area contributed by atoms with E-state index in [1.54, 1.807) is 0 Å². The lowest BCUT2D eigenvalue weighted by Crippen LogP contribution is -2.16. The van der Waals surface area contributed by atoms with E-state index in [9.17, 15) is 0 Å². The van der Waals surface area contributed by atoms with E-state index in [4.69, 9.17) is 0 Å². The Bertz CT molecular complexity index is 158. The van der Waals surface area contributed by atoms with Gasteiger partial charge in [0.25, 0.3) is 0 Å². The topological polar surface area (TPSA) is 3.24 Å². The van der Waals surface area contributed by atoms with Gasteiger partial charge < -0.3 is 4.90 Å². The third-order valence-electron chi connectivity index (χ3n) is 2.77. The summed E-state index contributed by atoms with van der Waals surface area (Å²) in [5.74, 6) is 0.971. The minimum absolute atomic E-state index is 0.971. The monoisotopic (exact) mass is 167 g/mol. The standard InChI is InChI=1S/C11H21N/c1-4-5-10-6-8-11(9-7-10)12(2)3/h8,10H,4-7,9H2,1-3H3. The van der Waals surface area contributed by atoms with Gasteiger partial charge in [-0.15, -0.1) is 0 Å². The predicted molar refractivity (Wildman–Crippen MR) is 54.0 cm³/mol. The van der Waals surface area contributed by atoms with Crippen LogP contribution in [0.2, 0.25) is 0 Å². The van der Waals surface area contributed by atoms with Gasteiger partial charge in [-0.05, 0) is 25.2 Å². The van der Waals surface area contributed by atoms with Gasteiger partial charge in [-0.3, -0.25) is 0 Å². The van der Waals surface area contributed by atoms with E-state index in [2.05, 4.69) is 32.0 Å². The van der Waals surface area contributed by atoms with Gasteiger partial charge in [0.05, 0.1) is 0 Å². The van der Waals surface area contributed by atoms with Crippen LogP contribution in [0.3, 0.4) is 0 Å². The predicted octanol–water partition coefficient (Wildman–Crippen LogP) is 3.03. The number of rotatable bonds is 3. The van der Waals surface area contributed by atoms with Crippen molar-refractivity contribution in [3.63, 3.8) is 0 Å². The summed E-state index contributed by atoms with van der Waals surface area (Å²) in [6, 6.07) is 0. The first-order valence-corrected chi connectivity index (χ1v) is 5.10. The highest BCUT2D eigenvalue weighted by atomic mass is 15.1. The molecule has 1 atom stereocenters. The summed E-state index contributed by atoms with van der Waals surface area (Å²) in [5.41, 5.74) is 1.53. The Morgan fingerprint density at radius 2 is 2.25 bits per heavy atom. The zero-order valence-electron chi connectivity index (χ0n) is 8.64. The van der Waals surface area contributed by atoms with E-state index in [0.717, 1.165) is 5.92 Å². The fraction of sp³-hybridized carbons (Fsp3) is 0.818. The molecule has 0 radical (unpaired) electrons. The fourth-order valence-corrected chi connectivity index (χ4v) is 1.95. The van der Waals surface area contributed by atoms with Gasteiger partial charge in [0.15, 0.2) is 0 Å². The van der Waals surface area contributed by atoms with Crippen molar-refractivity contribution in [2.75, 3.05) is 14.1 Å². The molecule has 1 unspecified atom stereocenters. The molecule has 1 aliphatic carbocycles. The van der Waals surface area contributed by atoms with E-state index in [1.807, 2.05) is 0 Å². The molecule has 0 aromatic carbocycles. The molecule has 0 spiro atoms. The number of allylic oxidation sites excluding steroid dienone is 2. The molecule has 0 aromatic rings. The fourth-order valence-electron chi connectivity index (χ4n) is 1.95. The molecule has 0 heterocycles. The van der Waals surface area contributed by atoms with E-state index in [0.29, 0.717) is 0 Å². The average molecular weight is 167 g/mol. The van der Waals surface area contributed by atoms with Gasteiger partial charge in [-0.1, -0.05) is 25.8 Å². The Balaban J connectivity index is 2.37. The molecule has 0 amide bonds. The molecule has 0 aliphatic heterocycles. The minimum Gasteiger partial charge on any atom is -0.381 e. The van der Waals surface area contributed by atoms with Gasteiger partial charge in [0.2, 0.25) is 0 Å². The normalized spacial score (nSPS) is 23.6. The van der Waals surface area contributed by atoms with E-state index < -0.39 is 0 Å². The molecule has 0 N–H and O–H groups in total. The van der Waals surface area contributed by atoms with Crippen molar-refractivity contribution < 1.29 is 0 Å². The Labute approximate surface area is 76.5 Å². The van der Waals surface area contributed by atoms with Gasteiger partial charge in [-0.2, -0.15) is 0 Å². The average Bonchev–Trinajstić information content (AvgIpc) is 2.06. The van der Waals surface area contributed by atoms with E-state index in [1.165, 1.54) is 37.8 Å². The van der Waals surface area contributed by atoms with E-state index >= 15 is 0 Å². The maximum Gasteiger partial charge on any atom is 0.00871 e. The number of hydrogen-bond acceptors (Lipinski definition) is 1. The number of nitrogens with zero attached hydrogens (tertiary/aromatic N) is 1. The Hall–Kier alpha value is -0.460. The first-order valence-electron chi connectivity index (χ1n) is 5.10. The lowest BCUT2D eigenvalue weighted by Gasteiger charge is -2.25. The van der Waals surface area contributed by atoms with Gasteiger partial charge in [0, 0.05) is 19.8 Å². The summed E-state index contributed by atoms with van der Waals surface area (Å²) in [5, 5.41) is 0. The smallest absolute Gasteiger partial charge is 0.00871 e.